The number of anilines is 1. The van der Waals surface area contributed by atoms with Crippen LogP contribution in [0.5, 0.6) is 0 Å². The summed E-state index contributed by atoms with van der Waals surface area (Å²) in [5.74, 6) is 0.363. The molecule has 1 atom stereocenters. The summed E-state index contributed by atoms with van der Waals surface area (Å²) in [4.78, 5) is 0. The van der Waals surface area contributed by atoms with E-state index in [1.165, 1.54) is 0 Å². The van der Waals surface area contributed by atoms with Crippen molar-refractivity contribution < 1.29 is 0 Å². The largest absolute Gasteiger partial charge is 0.398 e. The smallest absolute Gasteiger partial charge is 0.101 e. The van der Waals surface area contributed by atoms with Crippen LogP contribution in [0.15, 0.2) is 18.2 Å². The molecule has 0 aromatic heterocycles. The van der Waals surface area contributed by atoms with Crippen molar-refractivity contribution in [3.63, 3.8) is 0 Å². The van der Waals surface area contributed by atoms with Crippen LogP contribution < -0.4 is 11.5 Å². The molecular weight excluding hydrogens is 174 g/mol. The van der Waals surface area contributed by atoms with Crippen LogP contribution in [0.1, 0.15) is 31.0 Å². The first kappa shape index (κ1) is 10.6. The van der Waals surface area contributed by atoms with E-state index in [0.717, 1.165) is 5.56 Å². The molecular formula is C11H15N3. The molecule has 0 amide bonds. The topological polar surface area (TPSA) is 75.8 Å². The van der Waals surface area contributed by atoms with E-state index in [-0.39, 0.29) is 6.04 Å². The molecule has 1 aromatic carbocycles. The Balaban J connectivity index is 3.04. The first-order valence-electron chi connectivity index (χ1n) is 4.61. The number of rotatable bonds is 2. The van der Waals surface area contributed by atoms with E-state index in [4.69, 9.17) is 16.7 Å². The van der Waals surface area contributed by atoms with Gasteiger partial charge in [0.1, 0.15) is 6.07 Å². The third-order valence-electron chi connectivity index (χ3n) is 2.30. The van der Waals surface area contributed by atoms with Crippen LogP contribution in [0.25, 0.3) is 0 Å². The molecule has 0 spiro atoms. The first-order valence-corrected chi connectivity index (χ1v) is 4.61. The monoisotopic (exact) mass is 189 g/mol. The maximum atomic E-state index is 8.70. The molecule has 0 radical (unpaired) electrons. The van der Waals surface area contributed by atoms with Crippen molar-refractivity contribution in [2.45, 2.75) is 19.9 Å². The van der Waals surface area contributed by atoms with Crippen LogP contribution in [0, 0.1) is 17.2 Å². The minimum Gasteiger partial charge on any atom is -0.398 e. The van der Waals surface area contributed by atoms with Gasteiger partial charge in [0.15, 0.2) is 0 Å². The zero-order valence-corrected chi connectivity index (χ0v) is 8.49. The maximum absolute atomic E-state index is 8.70. The van der Waals surface area contributed by atoms with Crippen molar-refractivity contribution in [1.82, 2.24) is 0 Å². The lowest BCUT2D eigenvalue weighted by atomic mass is 9.96. The summed E-state index contributed by atoms with van der Waals surface area (Å²) in [6, 6.07) is 7.36. The average molecular weight is 189 g/mol. The molecule has 0 saturated heterocycles. The number of nitrogens with zero attached hydrogens (tertiary/aromatic N) is 1. The Morgan fingerprint density at radius 1 is 1.36 bits per heavy atom. The molecule has 4 N–H and O–H groups in total. The molecule has 0 aliphatic rings. The Kier molecular flexibility index (Phi) is 3.10. The van der Waals surface area contributed by atoms with Crippen LogP contribution in [0.3, 0.4) is 0 Å². The highest BCUT2D eigenvalue weighted by atomic mass is 14.6. The number of nitriles is 1. The molecule has 0 aliphatic heterocycles. The van der Waals surface area contributed by atoms with Crippen molar-refractivity contribution in [3.8, 4) is 6.07 Å². The first-order chi connectivity index (χ1) is 6.56. The summed E-state index contributed by atoms with van der Waals surface area (Å²) in [5, 5.41) is 8.70. The molecule has 0 saturated carbocycles. The number of hydrogen-bond acceptors (Lipinski definition) is 3. The van der Waals surface area contributed by atoms with Crippen LogP contribution >= 0.6 is 0 Å². The molecule has 3 heteroatoms. The average Bonchev–Trinajstić information content (AvgIpc) is 2.16. The fourth-order valence-electron chi connectivity index (χ4n) is 1.28. The van der Waals surface area contributed by atoms with Crippen molar-refractivity contribution in [2.75, 3.05) is 5.73 Å². The van der Waals surface area contributed by atoms with Gasteiger partial charge in [-0.3, -0.25) is 0 Å². The highest BCUT2D eigenvalue weighted by Gasteiger charge is 2.11. The third kappa shape index (κ3) is 2.04. The Morgan fingerprint density at radius 3 is 2.43 bits per heavy atom. The van der Waals surface area contributed by atoms with E-state index in [0.29, 0.717) is 17.2 Å². The lowest BCUT2D eigenvalue weighted by Crippen LogP contribution is -2.16. The van der Waals surface area contributed by atoms with Crippen LogP contribution in [-0.4, -0.2) is 0 Å². The van der Waals surface area contributed by atoms with E-state index in [9.17, 15) is 0 Å². The zero-order chi connectivity index (χ0) is 10.7. The van der Waals surface area contributed by atoms with E-state index in [1.54, 1.807) is 12.1 Å². The SMILES string of the molecule is CC(C)[C@H](N)c1ccc(C#N)c(N)c1. The second-order valence-corrected chi connectivity index (χ2v) is 3.73. The lowest BCUT2D eigenvalue weighted by Gasteiger charge is -2.16. The molecule has 0 aliphatic carbocycles. The summed E-state index contributed by atoms with van der Waals surface area (Å²) in [5.41, 5.74) is 13.6. The number of nitrogens with two attached hydrogens (primary N) is 2. The molecule has 1 rings (SSSR count). The van der Waals surface area contributed by atoms with Gasteiger partial charge >= 0.3 is 0 Å². The number of nitrogen functional groups attached to an aromatic ring is 1. The van der Waals surface area contributed by atoms with Crippen molar-refractivity contribution >= 4 is 5.69 Å². The fraction of sp³-hybridized carbons (Fsp3) is 0.364. The lowest BCUT2D eigenvalue weighted by molar-refractivity contribution is 0.514. The quantitative estimate of drug-likeness (QED) is 0.696. The second-order valence-electron chi connectivity index (χ2n) is 3.73. The van der Waals surface area contributed by atoms with Crippen LogP contribution in [0.2, 0.25) is 0 Å². The van der Waals surface area contributed by atoms with Gasteiger partial charge in [-0.2, -0.15) is 5.26 Å². The minimum atomic E-state index is -0.0231. The number of hydrogen-bond donors (Lipinski definition) is 2. The van der Waals surface area contributed by atoms with Gasteiger partial charge in [-0.1, -0.05) is 19.9 Å². The van der Waals surface area contributed by atoms with Gasteiger partial charge in [0.2, 0.25) is 0 Å². The minimum absolute atomic E-state index is 0.0231. The van der Waals surface area contributed by atoms with Gasteiger partial charge in [0.25, 0.3) is 0 Å². The van der Waals surface area contributed by atoms with Gasteiger partial charge < -0.3 is 11.5 Å². The molecule has 0 fully saturated rings. The summed E-state index contributed by atoms with van der Waals surface area (Å²) in [7, 11) is 0. The maximum Gasteiger partial charge on any atom is 0.101 e. The summed E-state index contributed by atoms with van der Waals surface area (Å²) in [6.07, 6.45) is 0. The van der Waals surface area contributed by atoms with E-state index in [2.05, 4.69) is 13.8 Å². The Labute approximate surface area is 84.3 Å². The van der Waals surface area contributed by atoms with Gasteiger partial charge in [-0.05, 0) is 23.6 Å². The predicted octanol–water partition coefficient (Wildman–Crippen LogP) is 1.80. The Bertz CT molecular complexity index is 363. The number of benzene rings is 1. The van der Waals surface area contributed by atoms with Gasteiger partial charge in [0, 0.05) is 11.7 Å². The molecule has 3 nitrogen and oxygen atoms in total. The van der Waals surface area contributed by atoms with E-state index >= 15 is 0 Å². The van der Waals surface area contributed by atoms with Crippen LogP contribution in [0.4, 0.5) is 5.69 Å². The molecule has 0 bridgehead atoms. The molecule has 0 heterocycles. The highest BCUT2D eigenvalue weighted by Crippen LogP contribution is 2.22. The summed E-state index contributed by atoms with van der Waals surface area (Å²) in [6.45, 7) is 4.11. The van der Waals surface area contributed by atoms with E-state index in [1.807, 2.05) is 12.1 Å². The normalized spacial score (nSPS) is 12.5. The van der Waals surface area contributed by atoms with Crippen molar-refractivity contribution in [3.05, 3.63) is 29.3 Å². The summed E-state index contributed by atoms with van der Waals surface area (Å²) >= 11 is 0. The third-order valence-corrected chi connectivity index (χ3v) is 2.30. The van der Waals surface area contributed by atoms with Crippen molar-refractivity contribution in [2.24, 2.45) is 11.7 Å². The Hall–Kier alpha value is -1.53. The fourth-order valence-corrected chi connectivity index (χ4v) is 1.28. The molecule has 1 aromatic rings. The van der Waals surface area contributed by atoms with Crippen molar-refractivity contribution in [1.29, 1.82) is 5.26 Å². The molecule has 14 heavy (non-hydrogen) atoms. The van der Waals surface area contributed by atoms with Gasteiger partial charge in [-0.25, -0.2) is 0 Å². The summed E-state index contributed by atoms with van der Waals surface area (Å²) < 4.78 is 0. The second kappa shape index (κ2) is 4.12. The Morgan fingerprint density at radius 2 is 2.00 bits per heavy atom. The zero-order valence-electron chi connectivity index (χ0n) is 8.49. The van der Waals surface area contributed by atoms with Gasteiger partial charge in [-0.15, -0.1) is 0 Å². The molecule has 0 unspecified atom stereocenters. The van der Waals surface area contributed by atoms with Crippen LogP contribution in [-0.2, 0) is 0 Å². The standard InChI is InChI=1S/C11H15N3/c1-7(2)11(14)8-3-4-9(6-12)10(13)5-8/h3-5,7,11H,13-14H2,1-2H3/t11-/m0/s1. The van der Waals surface area contributed by atoms with E-state index < -0.39 is 0 Å². The predicted molar refractivity (Wildman–Crippen MR) is 57.3 cm³/mol. The van der Waals surface area contributed by atoms with Gasteiger partial charge in [0.05, 0.1) is 5.56 Å². The molecule has 74 valence electrons. The highest BCUT2D eigenvalue weighted by molar-refractivity contribution is 5.55.